The molecule has 0 fully saturated rings. The van der Waals surface area contributed by atoms with Gasteiger partial charge in [0.1, 0.15) is 17.4 Å². The number of nitrogens with zero attached hydrogens (tertiary/aromatic N) is 4. The largest absolute Gasteiger partial charge is 0.434 e. The monoisotopic (exact) mass is 534 g/mol. The van der Waals surface area contributed by atoms with E-state index in [-0.39, 0.29) is 29.7 Å². The zero-order valence-corrected chi connectivity index (χ0v) is 19.7. The van der Waals surface area contributed by atoms with E-state index in [2.05, 4.69) is 35.1 Å². The van der Waals surface area contributed by atoms with Crippen molar-refractivity contribution in [2.75, 3.05) is 13.6 Å². The molecule has 0 spiro atoms. The van der Waals surface area contributed by atoms with Crippen molar-refractivity contribution in [3.63, 3.8) is 0 Å². The van der Waals surface area contributed by atoms with Crippen molar-refractivity contribution in [2.24, 2.45) is 4.99 Å². The van der Waals surface area contributed by atoms with E-state index in [0.29, 0.717) is 24.6 Å². The average Bonchev–Trinajstić information content (AvgIpc) is 2.92. The second kappa shape index (κ2) is 12.0. The fourth-order valence-electron chi connectivity index (χ4n) is 3.48. The Labute approximate surface area is 192 Å². The molecule has 0 aliphatic carbocycles. The van der Waals surface area contributed by atoms with Crippen LogP contribution in [0.4, 0.5) is 8.78 Å². The molecular formula is C20H29F2IN6O. The number of halogens is 3. The third-order valence-corrected chi connectivity index (χ3v) is 4.93. The zero-order chi connectivity index (χ0) is 20.6. The summed E-state index contributed by atoms with van der Waals surface area (Å²) in [6.07, 6.45) is 5.28. The molecule has 2 N–H and O–H groups in total. The summed E-state index contributed by atoms with van der Waals surface area (Å²) in [4.78, 5) is 4.20. The second-order valence-corrected chi connectivity index (χ2v) is 7.09. The molecule has 0 atom stereocenters. The number of benzene rings is 1. The van der Waals surface area contributed by atoms with Crippen molar-refractivity contribution < 1.29 is 13.5 Å². The van der Waals surface area contributed by atoms with E-state index in [4.69, 9.17) is 0 Å². The molecular weight excluding hydrogens is 505 g/mol. The van der Waals surface area contributed by atoms with E-state index in [1.54, 1.807) is 19.2 Å². The van der Waals surface area contributed by atoms with Gasteiger partial charge in [-0.15, -0.1) is 34.2 Å². The van der Waals surface area contributed by atoms with Gasteiger partial charge in [-0.25, -0.2) is 0 Å². The van der Waals surface area contributed by atoms with Crippen molar-refractivity contribution in [3.05, 3.63) is 41.0 Å². The first-order valence-corrected chi connectivity index (χ1v) is 9.96. The van der Waals surface area contributed by atoms with Crippen LogP contribution in [-0.2, 0) is 25.9 Å². The molecule has 1 aromatic heterocycles. The highest BCUT2D eigenvalue weighted by atomic mass is 127. The Morgan fingerprint density at radius 1 is 1.23 bits per heavy atom. The molecule has 0 bridgehead atoms. The van der Waals surface area contributed by atoms with Crippen LogP contribution in [0, 0.1) is 6.92 Å². The van der Waals surface area contributed by atoms with Crippen LogP contribution in [0.3, 0.4) is 0 Å². The van der Waals surface area contributed by atoms with Crippen LogP contribution in [0.15, 0.2) is 23.2 Å². The van der Waals surface area contributed by atoms with Crippen LogP contribution in [-0.4, -0.2) is 40.9 Å². The Balaban J connectivity index is 0.00000320. The fourth-order valence-corrected chi connectivity index (χ4v) is 3.48. The molecule has 0 saturated heterocycles. The summed E-state index contributed by atoms with van der Waals surface area (Å²) in [5.41, 5.74) is 1.62. The van der Waals surface area contributed by atoms with E-state index in [9.17, 15) is 8.78 Å². The normalized spacial score (nSPS) is 14.0. The average molecular weight is 534 g/mol. The first-order valence-electron chi connectivity index (χ1n) is 9.96. The summed E-state index contributed by atoms with van der Waals surface area (Å²) in [6.45, 7) is 0.998. The van der Waals surface area contributed by atoms with Crippen molar-refractivity contribution >= 4 is 29.9 Å². The minimum atomic E-state index is -2.85. The van der Waals surface area contributed by atoms with Gasteiger partial charge < -0.3 is 19.9 Å². The fraction of sp³-hybridized carbons (Fsp3) is 0.550. The number of ether oxygens (including phenoxy) is 1. The molecule has 0 saturated carbocycles. The number of rotatable bonds is 7. The maximum atomic E-state index is 12.6. The molecule has 1 aliphatic heterocycles. The Kier molecular flexibility index (Phi) is 9.73. The number of guanidine groups is 1. The summed E-state index contributed by atoms with van der Waals surface area (Å²) in [7, 11) is 1.67. The number of nitrogens with one attached hydrogen (secondary N) is 2. The maximum Gasteiger partial charge on any atom is 0.387 e. The molecule has 166 valence electrons. The van der Waals surface area contributed by atoms with Crippen LogP contribution in [0.5, 0.6) is 5.75 Å². The maximum absolute atomic E-state index is 12.6. The van der Waals surface area contributed by atoms with Crippen LogP contribution in [0.2, 0.25) is 0 Å². The summed E-state index contributed by atoms with van der Waals surface area (Å²) in [6, 6.07) is 5.13. The Hall–Kier alpha value is -1.98. The third-order valence-electron chi connectivity index (χ3n) is 4.93. The van der Waals surface area contributed by atoms with Crippen molar-refractivity contribution in [2.45, 2.75) is 58.7 Å². The molecule has 0 radical (unpaired) electrons. The lowest BCUT2D eigenvalue weighted by atomic mass is 10.1. The topological polar surface area (TPSA) is 76.4 Å². The lowest BCUT2D eigenvalue weighted by Crippen LogP contribution is -2.38. The summed E-state index contributed by atoms with van der Waals surface area (Å²) >= 11 is 0. The van der Waals surface area contributed by atoms with Gasteiger partial charge in [-0.05, 0) is 25.8 Å². The Morgan fingerprint density at radius 3 is 2.83 bits per heavy atom. The standard InChI is InChI=1S/C20H28F2N6O.HI/c1-14-7-8-16(29-19(21)22)15(12-14)13-25-20(23-2)24-10-9-18-27-26-17-6-4-3-5-11-28(17)18;/h7-8,12,19H,3-6,9-11,13H2,1-2H3,(H2,23,24,25);1H. The minimum absolute atomic E-state index is 0. The van der Waals surface area contributed by atoms with Crippen molar-refractivity contribution in [1.82, 2.24) is 25.4 Å². The first kappa shape index (κ1) is 24.3. The summed E-state index contributed by atoms with van der Waals surface area (Å²) in [5, 5.41) is 15.0. The van der Waals surface area contributed by atoms with Gasteiger partial charge in [0.2, 0.25) is 0 Å². The number of aryl methyl sites for hydroxylation is 2. The molecule has 0 amide bonds. The molecule has 30 heavy (non-hydrogen) atoms. The van der Waals surface area contributed by atoms with E-state index < -0.39 is 6.61 Å². The van der Waals surface area contributed by atoms with Crippen molar-refractivity contribution in [3.8, 4) is 5.75 Å². The Bertz CT molecular complexity index is 843. The number of alkyl halides is 2. The highest BCUT2D eigenvalue weighted by Gasteiger charge is 2.14. The van der Waals surface area contributed by atoms with Gasteiger partial charge in [0.05, 0.1) is 0 Å². The van der Waals surface area contributed by atoms with Gasteiger partial charge in [-0.2, -0.15) is 8.78 Å². The first-order chi connectivity index (χ1) is 14.1. The van der Waals surface area contributed by atoms with Gasteiger partial charge in [0.25, 0.3) is 0 Å². The molecule has 10 heteroatoms. The van der Waals surface area contributed by atoms with Gasteiger partial charge >= 0.3 is 6.61 Å². The Morgan fingerprint density at radius 2 is 2.07 bits per heavy atom. The quantitative estimate of drug-likeness (QED) is 0.324. The number of hydrogen-bond donors (Lipinski definition) is 2. The van der Waals surface area contributed by atoms with Gasteiger partial charge in [0, 0.05) is 45.1 Å². The molecule has 2 heterocycles. The van der Waals surface area contributed by atoms with Crippen LogP contribution in [0.25, 0.3) is 0 Å². The van der Waals surface area contributed by atoms with E-state index in [1.807, 2.05) is 13.0 Å². The van der Waals surface area contributed by atoms with E-state index in [0.717, 1.165) is 43.0 Å². The van der Waals surface area contributed by atoms with Gasteiger partial charge in [0.15, 0.2) is 5.96 Å². The number of fused-ring (bicyclic) bond motifs is 1. The van der Waals surface area contributed by atoms with E-state index >= 15 is 0 Å². The van der Waals surface area contributed by atoms with Crippen molar-refractivity contribution in [1.29, 1.82) is 0 Å². The zero-order valence-electron chi connectivity index (χ0n) is 17.3. The minimum Gasteiger partial charge on any atom is -0.434 e. The number of aromatic nitrogens is 3. The smallest absolute Gasteiger partial charge is 0.387 e. The second-order valence-electron chi connectivity index (χ2n) is 7.09. The molecule has 7 nitrogen and oxygen atoms in total. The molecule has 3 rings (SSSR count). The molecule has 2 aromatic rings. The lowest BCUT2D eigenvalue weighted by Gasteiger charge is -2.15. The predicted molar refractivity (Wildman–Crippen MR) is 123 cm³/mol. The SMILES string of the molecule is CN=C(NCCc1nnc2n1CCCCC2)NCc1cc(C)ccc1OC(F)F.I. The molecule has 0 unspecified atom stereocenters. The predicted octanol–water partition coefficient (Wildman–Crippen LogP) is 3.44. The highest BCUT2D eigenvalue weighted by molar-refractivity contribution is 14.0. The van der Waals surface area contributed by atoms with E-state index in [1.165, 1.54) is 12.8 Å². The molecule has 1 aliphatic rings. The lowest BCUT2D eigenvalue weighted by molar-refractivity contribution is -0.0504. The summed E-state index contributed by atoms with van der Waals surface area (Å²) < 4.78 is 32.1. The molecule has 1 aromatic carbocycles. The summed E-state index contributed by atoms with van der Waals surface area (Å²) in [5.74, 6) is 2.81. The van der Waals surface area contributed by atoms with Gasteiger partial charge in [-0.1, -0.05) is 24.1 Å². The third kappa shape index (κ3) is 6.78. The van der Waals surface area contributed by atoms with Crippen LogP contribution < -0.4 is 15.4 Å². The van der Waals surface area contributed by atoms with Gasteiger partial charge in [-0.3, -0.25) is 4.99 Å². The van der Waals surface area contributed by atoms with Crippen LogP contribution >= 0.6 is 24.0 Å². The highest BCUT2D eigenvalue weighted by Crippen LogP contribution is 2.22. The number of hydrogen-bond acceptors (Lipinski definition) is 4. The number of aliphatic imine (C=N–C) groups is 1. The van der Waals surface area contributed by atoms with Crippen LogP contribution in [0.1, 0.15) is 42.0 Å².